The smallest absolute Gasteiger partial charge is 0.137 e. The van der Waals surface area contributed by atoms with Gasteiger partial charge in [0.2, 0.25) is 0 Å². The summed E-state index contributed by atoms with van der Waals surface area (Å²) in [7, 11) is 0. The van der Waals surface area contributed by atoms with Gasteiger partial charge >= 0.3 is 0 Å². The van der Waals surface area contributed by atoms with Crippen molar-refractivity contribution >= 4 is 11.6 Å². The molecule has 2 aromatic rings. The van der Waals surface area contributed by atoms with Crippen LogP contribution in [0.2, 0.25) is 5.02 Å². The number of nitrogens with zero attached hydrogens (tertiary/aromatic N) is 3. The van der Waals surface area contributed by atoms with Crippen molar-refractivity contribution in [2.45, 2.75) is 13.1 Å². The number of benzene rings is 1. The van der Waals surface area contributed by atoms with Crippen molar-refractivity contribution in [2.75, 3.05) is 0 Å². The van der Waals surface area contributed by atoms with E-state index in [9.17, 15) is 0 Å². The van der Waals surface area contributed by atoms with Gasteiger partial charge in [-0.05, 0) is 17.2 Å². The number of halogens is 1. The summed E-state index contributed by atoms with van der Waals surface area (Å²) in [6.45, 7) is 1.13. The molecule has 0 bridgehead atoms. The minimum Gasteiger partial charge on any atom is -0.326 e. The van der Waals surface area contributed by atoms with E-state index < -0.39 is 0 Å². The van der Waals surface area contributed by atoms with Gasteiger partial charge in [0.15, 0.2) is 0 Å². The Hall–Kier alpha value is -1.39. The first kappa shape index (κ1) is 10.1. The van der Waals surface area contributed by atoms with Crippen LogP contribution in [-0.2, 0) is 13.1 Å². The summed E-state index contributed by atoms with van der Waals surface area (Å²) in [5.74, 6) is 0. The molecule has 0 saturated carbocycles. The highest BCUT2D eigenvalue weighted by molar-refractivity contribution is 6.31. The second-order valence-corrected chi connectivity index (χ2v) is 3.63. The maximum atomic E-state index is 6.11. The van der Waals surface area contributed by atoms with E-state index in [4.69, 9.17) is 17.3 Å². The fourth-order valence-corrected chi connectivity index (χ4v) is 1.60. The third-order valence-electron chi connectivity index (χ3n) is 2.15. The Bertz CT molecular complexity index is 439. The van der Waals surface area contributed by atoms with Gasteiger partial charge in [-0.1, -0.05) is 23.7 Å². The van der Waals surface area contributed by atoms with Crippen LogP contribution in [0.5, 0.6) is 0 Å². The summed E-state index contributed by atoms with van der Waals surface area (Å²) in [6.07, 6.45) is 3.16. The minimum atomic E-state index is 0.503. The highest BCUT2D eigenvalue weighted by Crippen LogP contribution is 2.18. The van der Waals surface area contributed by atoms with E-state index in [-0.39, 0.29) is 0 Å². The molecule has 0 atom stereocenters. The predicted octanol–water partition coefficient (Wildman–Crippen LogP) is 1.44. The number of aromatic nitrogens is 3. The normalized spacial score (nSPS) is 10.5. The number of rotatable bonds is 3. The van der Waals surface area contributed by atoms with Gasteiger partial charge in [-0.2, -0.15) is 5.10 Å². The van der Waals surface area contributed by atoms with Crippen LogP contribution in [0.25, 0.3) is 0 Å². The van der Waals surface area contributed by atoms with E-state index in [1.54, 1.807) is 11.0 Å². The first-order valence-electron chi connectivity index (χ1n) is 4.59. The fourth-order valence-electron chi connectivity index (χ4n) is 1.33. The van der Waals surface area contributed by atoms with E-state index >= 15 is 0 Å². The fraction of sp³-hybridized carbons (Fsp3) is 0.200. The van der Waals surface area contributed by atoms with E-state index in [1.165, 1.54) is 6.33 Å². The quantitative estimate of drug-likeness (QED) is 0.855. The number of nitrogens with two attached hydrogens (primary N) is 1. The molecule has 0 radical (unpaired) electrons. The van der Waals surface area contributed by atoms with E-state index in [2.05, 4.69) is 10.1 Å². The van der Waals surface area contributed by atoms with Crippen LogP contribution in [0.1, 0.15) is 11.1 Å². The van der Waals surface area contributed by atoms with Crippen molar-refractivity contribution in [2.24, 2.45) is 5.73 Å². The molecule has 2 N–H and O–H groups in total. The van der Waals surface area contributed by atoms with Crippen LogP contribution in [0.3, 0.4) is 0 Å². The molecule has 0 aliphatic heterocycles. The third-order valence-corrected chi connectivity index (χ3v) is 2.50. The first-order valence-corrected chi connectivity index (χ1v) is 4.97. The molecule has 4 nitrogen and oxygen atoms in total. The molecule has 0 aliphatic rings. The highest BCUT2D eigenvalue weighted by atomic mass is 35.5. The molecule has 15 heavy (non-hydrogen) atoms. The Morgan fingerprint density at radius 1 is 1.40 bits per heavy atom. The Balaban J connectivity index is 2.22. The lowest BCUT2D eigenvalue weighted by atomic mass is 10.1. The van der Waals surface area contributed by atoms with Gasteiger partial charge in [0, 0.05) is 11.6 Å². The Morgan fingerprint density at radius 2 is 2.27 bits per heavy atom. The summed E-state index contributed by atoms with van der Waals surface area (Å²) >= 11 is 6.11. The third kappa shape index (κ3) is 2.34. The first-order chi connectivity index (χ1) is 7.29. The van der Waals surface area contributed by atoms with Gasteiger partial charge in [0.25, 0.3) is 0 Å². The van der Waals surface area contributed by atoms with Crippen molar-refractivity contribution in [3.8, 4) is 0 Å². The number of hydrogen-bond acceptors (Lipinski definition) is 3. The molecule has 1 heterocycles. The summed E-state index contributed by atoms with van der Waals surface area (Å²) in [5.41, 5.74) is 7.56. The van der Waals surface area contributed by atoms with Gasteiger partial charge in [-0.3, -0.25) is 0 Å². The molecule has 2 rings (SSSR count). The lowest BCUT2D eigenvalue weighted by molar-refractivity contribution is 0.685. The molecule has 1 aromatic carbocycles. The molecular weight excluding hydrogens is 212 g/mol. The van der Waals surface area contributed by atoms with Crippen molar-refractivity contribution < 1.29 is 0 Å². The topological polar surface area (TPSA) is 56.7 Å². The standard InChI is InChI=1S/C10H11ClN4/c11-10-3-8(4-12)1-2-9(10)5-15-7-13-6-14-15/h1-3,6-7H,4-5,12H2. The Labute approximate surface area is 92.7 Å². The number of hydrogen-bond donors (Lipinski definition) is 1. The molecule has 0 unspecified atom stereocenters. The minimum absolute atomic E-state index is 0.503. The van der Waals surface area contributed by atoms with Gasteiger partial charge < -0.3 is 5.73 Å². The Kier molecular flexibility index (Phi) is 2.99. The van der Waals surface area contributed by atoms with Crippen molar-refractivity contribution in [3.63, 3.8) is 0 Å². The van der Waals surface area contributed by atoms with Crippen molar-refractivity contribution in [1.29, 1.82) is 0 Å². The van der Waals surface area contributed by atoms with Crippen molar-refractivity contribution in [1.82, 2.24) is 14.8 Å². The van der Waals surface area contributed by atoms with Gasteiger partial charge in [-0.25, -0.2) is 9.67 Å². The second-order valence-electron chi connectivity index (χ2n) is 3.22. The molecular formula is C10H11ClN4. The lowest BCUT2D eigenvalue weighted by Gasteiger charge is -2.05. The van der Waals surface area contributed by atoms with Crippen LogP contribution in [0, 0.1) is 0 Å². The predicted molar refractivity (Wildman–Crippen MR) is 58.5 cm³/mol. The lowest BCUT2D eigenvalue weighted by Crippen LogP contribution is -2.02. The zero-order valence-corrected chi connectivity index (χ0v) is 8.85. The van der Waals surface area contributed by atoms with E-state index in [0.717, 1.165) is 11.1 Å². The van der Waals surface area contributed by atoms with Crippen molar-refractivity contribution in [3.05, 3.63) is 47.0 Å². The molecule has 0 fully saturated rings. The molecule has 5 heteroatoms. The molecule has 0 aliphatic carbocycles. The van der Waals surface area contributed by atoms with E-state index in [1.807, 2.05) is 18.2 Å². The van der Waals surface area contributed by atoms with Gasteiger partial charge in [0.05, 0.1) is 6.54 Å². The van der Waals surface area contributed by atoms with Crippen LogP contribution in [-0.4, -0.2) is 14.8 Å². The molecule has 0 saturated heterocycles. The zero-order chi connectivity index (χ0) is 10.7. The van der Waals surface area contributed by atoms with Gasteiger partial charge in [-0.15, -0.1) is 0 Å². The molecule has 78 valence electrons. The van der Waals surface area contributed by atoms with Crippen LogP contribution in [0.15, 0.2) is 30.9 Å². The van der Waals surface area contributed by atoms with Crippen LogP contribution >= 0.6 is 11.6 Å². The monoisotopic (exact) mass is 222 g/mol. The molecule has 1 aromatic heterocycles. The summed E-state index contributed by atoms with van der Waals surface area (Å²) in [4.78, 5) is 3.87. The average molecular weight is 223 g/mol. The molecule has 0 amide bonds. The summed E-state index contributed by atoms with van der Waals surface area (Å²) in [5, 5.41) is 4.73. The highest BCUT2D eigenvalue weighted by Gasteiger charge is 2.02. The summed E-state index contributed by atoms with van der Waals surface area (Å²) in [6, 6.07) is 5.82. The van der Waals surface area contributed by atoms with E-state index in [0.29, 0.717) is 18.1 Å². The SMILES string of the molecule is NCc1ccc(Cn2cncn2)c(Cl)c1. The Morgan fingerprint density at radius 3 is 2.87 bits per heavy atom. The zero-order valence-electron chi connectivity index (χ0n) is 8.10. The second kappa shape index (κ2) is 4.42. The largest absolute Gasteiger partial charge is 0.326 e. The van der Waals surface area contributed by atoms with Gasteiger partial charge in [0.1, 0.15) is 12.7 Å². The maximum absolute atomic E-state index is 6.11. The maximum Gasteiger partial charge on any atom is 0.137 e. The summed E-state index contributed by atoms with van der Waals surface area (Å²) < 4.78 is 1.73. The molecule has 0 spiro atoms. The average Bonchev–Trinajstić information content (AvgIpc) is 2.74. The van der Waals surface area contributed by atoms with Crippen LogP contribution in [0.4, 0.5) is 0 Å². The van der Waals surface area contributed by atoms with Crippen LogP contribution < -0.4 is 5.73 Å².